The van der Waals surface area contributed by atoms with Crippen molar-refractivity contribution in [2.75, 3.05) is 19.0 Å². The summed E-state index contributed by atoms with van der Waals surface area (Å²) in [7, 11) is 3.39. The molecule has 0 aliphatic heterocycles. The molecule has 9 heteroatoms. The molecule has 6 nitrogen and oxygen atoms in total. The maximum Gasteiger partial charge on any atom is 0.266 e. The second-order valence-corrected chi connectivity index (χ2v) is 7.25. The van der Waals surface area contributed by atoms with Crippen molar-refractivity contribution in [1.29, 1.82) is 0 Å². The fourth-order valence-corrected chi connectivity index (χ4v) is 3.22. The maximum atomic E-state index is 14.5. The van der Waals surface area contributed by atoms with E-state index < -0.39 is 29.8 Å². The molecular weight excluding hydrogens is 395 g/mol. The molecule has 1 heterocycles. The lowest BCUT2D eigenvalue weighted by atomic mass is 10.0. The first-order chi connectivity index (χ1) is 14.2. The number of aliphatic imine (C=N–C) groups is 1. The molecule has 1 aliphatic carbocycles. The molecule has 1 aliphatic rings. The Bertz CT molecular complexity index is 975. The normalized spacial score (nSPS) is 15.2. The lowest BCUT2D eigenvalue weighted by Gasteiger charge is -2.19. The lowest BCUT2D eigenvalue weighted by molar-refractivity contribution is 0.0962. The molecule has 0 radical (unpaired) electrons. The van der Waals surface area contributed by atoms with Gasteiger partial charge in [-0.05, 0) is 25.8 Å². The van der Waals surface area contributed by atoms with Gasteiger partial charge in [-0.1, -0.05) is 18.2 Å². The molecule has 1 amide bonds. The third-order valence-corrected chi connectivity index (χ3v) is 5.17. The van der Waals surface area contributed by atoms with Crippen molar-refractivity contribution in [2.24, 2.45) is 10.7 Å². The molecule has 1 atom stereocenters. The monoisotopic (exact) mass is 419 g/mol. The Morgan fingerprint density at radius 3 is 2.57 bits per heavy atom. The van der Waals surface area contributed by atoms with E-state index >= 15 is 0 Å². The van der Waals surface area contributed by atoms with Gasteiger partial charge in [-0.25, -0.2) is 18.2 Å². The summed E-state index contributed by atoms with van der Waals surface area (Å²) < 4.78 is 40.5. The van der Waals surface area contributed by atoms with Crippen molar-refractivity contribution < 1.29 is 18.0 Å². The Hall–Kier alpha value is -3.10. The van der Waals surface area contributed by atoms with E-state index in [0.717, 1.165) is 18.9 Å². The third-order valence-electron chi connectivity index (χ3n) is 5.17. The Morgan fingerprint density at radius 2 is 1.97 bits per heavy atom. The molecular formula is C21H24F3N5O. The van der Waals surface area contributed by atoms with Crippen molar-refractivity contribution in [1.82, 2.24) is 10.3 Å². The van der Waals surface area contributed by atoms with E-state index in [4.69, 9.17) is 5.73 Å². The number of alkyl halides is 2. The fourth-order valence-electron chi connectivity index (χ4n) is 3.22. The number of aromatic nitrogens is 1. The number of nitrogens with zero attached hydrogens (tertiary/aromatic N) is 3. The second kappa shape index (κ2) is 8.73. The van der Waals surface area contributed by atoms with Gasteiger partial charge in [0.25, 0.3) is 12.3 Å². The van der Waals surface area contributed by atoms with Crippen LogP contribution in [0, 0.1) is 5.82 Å². The van der Waals surface area contributed by atoms with Crippen molar-refractivity contribution in [2.45, 2.75) is 38.3 Å². The number of amidine groups is 1. The first kappa shape index (κ1) is 21.6. The number of rotatable bonds is 7. The van der Waals surface area contributed by atoms with Crippen molar-refractivity contribution in [3.05, 3.63) is 58.5 Å². The summed E-state index contributed by atoms with van der Waals surface area (Å²) in [6.07, 6.45) is 0.614. The van der Waals surface area contributed by atoms with Gasteiger partial charge in [0.1, 0.15) is 17.5 Å². The number of pyridine rings is 1. The zero-order valence-corrected chi connectivity index (χ0v) is 17.0. The van der Waals surface area contributed by atoms with Crippen LogP contribution in [0.3, 0.4) is 0 Å². The largest absolute Gasteiger partial charge is 0.383 e. The van der Waals surface area contributed by atoms with E-state index in [0.29, 0.717) is 17.4 Å². The van der Waals surface area contributed by atoms with Gasteiger partial charge >= 0.3 is 0 Å². The average molecular weight is 419 g/mol. The van der Waals surface area contributed by atoms with E-state index in [9.17, 15) is 18.0 Å². The molecule has 160 valence electrons. The summed E-state index contributed by atoms with van der Waals surface area (Å²) in [4.78, 5) is 22.9. The van der Waals surface area contributed by atoms with Crippen LogP contribution in [0.15, 0.2) is 35.5 Å². The Labute approximate surface area is 173 Å². The topological polar surface area (TPSA) is 83.6 Å². The second-order valence-electron chi connectivity index (χ2n) is 7.25. The molecule has 0 saturated heterocycles. The number of hydrogen-bond donors (Lipinski definition) is 2. The van der Waals surface area contributed by atoms with E-state index in [1.807, 2.05) is 11.9 Å². The van der Waals surface area contributed by atoms with Crippen LogP contribution in [0.1, 0.15) is 59.3 Å². The lowest BCUT2D eigenvalue weighted by Crippen LogP contribution is -2.27. The van der Waals surface area contributed by atoms with Crippen LogP contribution in [-0.4, -0.2) is 36.9 Å². The average Bonchev–Trinajstić information content (AvgIpc) is 3.57. The van der Waals surface area contributed by atoms with Gasteiger partial charge in [0.05, 0.1) is 17.2 Å². The predicted molar refractivity (Wildman–Crippen MR) is 110 cm³/mol. The number of carbonyl (C=O) groups excluding carboxylic acids is 1. The summed E-state index contributed by atoms with van der Waals surface area (Å²) in [6, 6.07) is 5.00. The highest BCUT2D eigenvalue weighted by atomic mass is 19.3. The van der Waals surface area contributed by atoms with E-state index in [1.165, 1.54) is 25.4 Å². The number of benzene rings is 1. The molecule has 1 fully saturated rings. The van der Waals surface area contributed by atoms with Gasteiger partial charge < -0.3 is 16.0 Å². The summed E-state index contributed by atoms with van der Waals surface area (Å²) in [5.41, 5.74) is 6.08. The number of nitrogens with two attached hydrogens (primary N) is 1. The SMILES string of the molecule is CNC(=O)c1cnc(N(C)C2CC2)cc1C(N)=N[C@H](C)c1cccc(C(F)F)c1F. The van der Waals surface area contributed by atoms with Gasteiger partial charge in [-0.3, -0.25) is 9.79 Å². The number of halogens is 3. The molecule has 0 bridgehead atoms. The summed E-state index contributed by atoms with van der Waals surface area (Å²) in [6.45, 7) is 1.55. The van der Waals surface area contributed by atoms with Crippen LogP contribution in [0.5, 0.6) is 0 Å². The molecule has 0 unspecified atom stereocenters. The molecule has 1 saturated carbocycles. The number of amides is 1. The molecule has 1 aromatic heterocycles. The zero-order valence-electron chi connectivity index (χ0n) is 17.0. The third kappa shape index (κ3) is 4.39. The molecule has 3 N–H and O–H groups in total. The fraction of sp³-hybridized carbons (Fsp3) is 0.381. The Kier molecular flexibility index (Phi) is 6.28. The van der Waals surface area contributed by atoms with Crippen LogP contribution in [0.25, 0.3) is 0 Å². The van der Waals surface area contributed by atoms with E-state index in [1.54, 1.807) is 13.0 Å². The molecule has 3 rings (SSSR count). The molecule has 1 aromatic carbocycles. The number of carbonyl (C=O) groups is 1. The van der Waals surface area contributed by atoms with Gasteiger partial charge in [0.15, 0.2) is 0 Å². The molecule has 30 heavy (non-hydrogen) atoms. The minimum absolute atomic E-state index is 0.00150. The van der Waals surface area contributed by atoms with Crippen molar-refractivity contribution in [3.8, 4) is 0 Å². The highest BCUT2D eigenvalue weighted by Gasteiger charge is 2.28. The van der Waals surface area contributed by atoms with Crippen molar-refractivity contribution in [3.63, 3.8) is 0 Å². The van der Waals surface area contributed by atoms with Gasteiger partial charge in [-0.15, -0.1) is 0 Å². The highest BCUT2D eigenvalue weighted by molar-refractivity contribution is 6.09. The van der Waals surface area contributed by atoms with Crippen molar-refractivity contribution >= 4 is 17.6 Å². The number of hydrogen-bond acceptors (Lipinski definition) is 4. The predicted octanol–water partition coefficient (Wildman–Crippen LogP) is 3.58. The Balaban J connectivity index is 2.00. The smallest absolute Gasteiger partial charge is 0.266 e. The standard InChI is InChI=1S/C21H24F3N5O/c1-11(13-5-4-6-14(18(13)22)19(23)24)28-20(25)15-9-17(29(3)12-7-8-12)27-10-16(15)21(30)26-2/h4-6,9-12,19H,7-8H2,1-3H3,(H2,25,28)(H,26,30)/t11-/m1/s1. The van der Waals surface area contributed by atoms with Gasteiger partial charge in [0, 0.05) is 37.5 Å². The first-order valence-corrected chi connectivity index (χ1v) is 9.59. The summed E-state index contributed by atoms with van der Waals surface area (Å²) in [5, 5.41) is 2.53. The maximum absolute atomic E-state index is 14.5. The van der Waals surface area contributed by atoms with E-state index in [2.05, 4.69) is 15.3 Å². The van der Waals surface area contributed by atoms with Gasteiger partial charge in [-0.2, -0.15) is 0 Å². The highest BCUT2D eigenvalue weighted by Crippen LogP contribution is 2.31. The molecule has 0 spiro atoms. The van der Waals surface area contributed by atoms with Crippen LogP contribution in [-0.2, 0) is 0 Å². The Morgan fingerprint density at radius 1 is 1.30 bits per heavy atom. The van der Waals surface area contributed by atoms with Crippen LogP contribution in [0.2, 0.25) is 0 Å². The summed E-state index contributed by atoms with van der Waals surface area (Å²) >= 11 is 0. The van der Waals surface area contributed by atoms with Crippen LogP contribution < -0.4 is 16.0 Å². The van der Waals surface area contributed by atoms with E-state index in [-0.39, 0.29) is 17.0 Å². The molecule has 2 aromatic rings. The quantitative estimate of drug-likeness (QED) is 0.531. The van der Waals surface area contributed by atoms with Crippen LogP contribution >= 0.6 is 0 Å². The minimum atomic E-state index is -2.93. The summed E-state index contributed by atoms with van der Waals surface area (Å²) in [5.74, 6) is -0.769. The van der Waals surface area contributed by atoms with Gasteiger partial charge in [0.2, 0.25) is 0 Å². The minimum Gasteiger partial charge on any atom is -0.383 e. The number of anilines is 1. The number of nitrogens with one attached hydrogen (secondary N) is 1. The first-order valence-electron chi connectivity index (χ1n) is 9.59. The van der Waals surface area contributed by atoms with Crippen LogP contribution in [0.4, 0.5) is 19.0 Å². The zero-order chi connectivity index (χ0) is 22.0.